The Labute approximate surface area is 268 Å². The third-order valence-corrected chi connectivity index (χ3v) is 7.95. The molecule has 3 aromatic rings. The summed E-state index contributed by atoms with van der Waals surface area (Å²) in [6.45, 7) is 0. The Hall–Kier alpha value is -1.56. The number of benzene rings is 3. The van der Waals surface area contributed by atoms with Gasteiger partial charge in [0, 0.05) is 9.81 Å². The van der Waals surface area contributed by atoms with E-state index in [1.54, 1.807) is 72.8 Å². The van der Waals surface area contributed by atoms with E-state index in [-0.39, 0.29) is 65.5 Å². The van der Waals surface area contributed by atoms with Gasteiger partial charge in [0.1, 0.15) is 20.2 Å². The van der Waals surface area contributed by atoms with Gasteiger partial charge in [0.2, 0.25) is 0 Å². The van der Waals surface area contributed by atoms with Gasteiger partial charge < -0.3 is 9.11 Å². The normalized spacial score (nSPS) is 18.1. The van der Waals surface area contributed by atoms with Crippen LogP contribution in [0.15, 0.2) is 119 Å². The third-order valence-electron chi connectivity index (χ3n) is 5.91. The van der Waals surface area contributed by atoms with E-state index in [4.69, 9.17) is 0 Å². The van der Waals surface area contributed by atoms with Crippen molar-refractivity contribution < 1.29 is 85.1 Å². The second kappa shape index (κ2) is 13.7. The van der Waals surface area contributed by atoms with Gasteiger partial charge in [-0.1, -0.05) is 109 Å². The third kappa shape index (κ3) is 7.76. The fraction of sp³-hybridized carbons (Fsp3) is 0.0714. The maximum atomic E-state index is 12.7. The van der Waals surface area contributed by atoms with Crippen LogP contribution in [0.5, 0.6) is 0 Å². The smallest absolute Gasteiger partial charge is 0.744 e. The molecule has 0 N–H and O–H groups in total. The minimum atomic E-state index is -5.21. The summed E-state index contributed by atoms with van der Waals surface area (Å²) in [6, 6.07) is 25.6. The summed E-state index contributed by atoms with van der Waals surface area (Å²) in [7, 11) is -10.4. The van der Waals surface area contributed by atoms with Crippen molar-refractivity contribution in [3.05, 3.63) is 136 Å². The molecule has 0 radical (unpaired) electrons. The summed E-state index contributed by atoms with van der Waals surface area (Å²) in [6.07, 6.45) is 6.57. The molecule has 0 amide bonds. The molecule has 10 heteroatoms. The van der Waals surface area contributed by atoms with Gasteiger partial charge in [0.25, 0.3) is 0 Å². The number of hydrogen-bond acceptors (Lipinski definition) is 6. The zero-order valence-electron chi connectivity index (χ0n) is 21.0. The van der Waals surface area contributed by atoms with E-state index in [2.05, 4.69) is 0 Å². The summed E-state index contributed by atoms with van der Waals surface area (Å²) >= 11 is 0. The quantitative estimate of drug-likeness (QED) is 0.274. The van der Waals surface area contributed by atoms with Crippen molar-refractivity contribution in [2.24, 2.45) is 5.41 Å². The molecule has 0 unspecified atom stereocenters. The summed E-state index contributed by atoms with van der Waals surface area (Å²) in [5.74, 6) is 0. The van der Waals surface area contributed by atoms with Crippen LogP contribution in [0.25, 0.3) is 17.7 Å². The minimum absolute atomic E-state index is 0. The zero-order valence-corrected chi connectivity index (χ0v) is 26.7. The van der Waals surface area contributed by atoms with Crippen molar-refractivity contribution in [1.82, 2.24) is 0 Å². The predicted octanol–water partition coefficient (Wildman–Crippen LogP) is -0.803. The molecular formula is C28H22Na2O6S2. The predicted molar refractivity (Wildman–Crippen MR) is 139 cm³/mol. The van der Waals surface area contributed by atoms with Crippen LogP contribution in [0.4, 0.5) is 0 Å². The molecule has 1 aliphatic carbocycles. The van der Waals surface area contributed by atoms with Crippen molar-refractivity contribution in [2.45, 2.75) is 6.42 Å². The summed E-state index contributed by atoms with van der Waals surface area (Å²) in [4.78, 5) is -1.44. The molecule has 0 saturated carbocycles. The molecule has 4 rings (SSSR count). The van der Waals surface area contributed by atoms with Crippen molar-refractivity contribution in [3.63, 3.8) is 0 Å². The van der Waals surface area contributed by atoms with Gasteiger partial charge in [-0.05, 0) is 40.8 Å². The largest absolute Gasteiger partial charge is 1.00 e. The van der Waals surface area contributed by atoms with Crippen LogP contribution in [0.1, 0.15) is 23.1 Å². The standard InChI is InChI=1S/C28H24O6S2.2Na/c29-35(30,31)26(20-22-10-4-1-5-11-22)28(18-16-25(17-19-28)24-14-8-3-9-15-24)27(36(32,33)34)21-23-12-6-2-7-13-23;;/h1-18,20-21H,19H2,(H,29,30,31)(H,32,33,34);;/q;2*+1/p-2. The summed E-state index contributed by atoms with van der Waals surface area (Å²) in [5, 5.41) is 0. The van der Waals surface area contributed by atoms with Gasteiger partial charge in [0.15, 0.2) is 0 Å². The van der Waals surface area contributed by atoms with E-state index in [9.17, 15) is 25.9 Å². The zero-order chi connectivity index (χ0) is 25.8. The molecule has 0 aromatic heterocycles. The first-order valence-corrected chi connectivity index (χ1v) is 13.8. The SMILES string of the molecule is O=S(=O)([O-])C(=Cc1ccccc1)C1(C(=Cc2ccccc2)S(=O)(=O)[O-])C=CC(c2ccccc2)=CC1.[Na+].[Na+]. The van der Waals surface area contributed by atoms with Crippen LogP contribution < -0.4 is 59.1 Å². The molecule has 0 fully saturated rings. The molecule has 0 bridgehead atoms. The maximum Gasteiger partial charge on any atom is 1.00 e. The Balaban J connectivity index is 0.00000253. The molecule has 3 aromatic carbocycles. The van der Waals surface area contributed by atoms with Crippen LogP contribution in [-0.2, 0) is 20.2 Å². The van der Waals surface area contributed by atoms with Gasteiger partial charge in [-0.15, -0.1) is 0 Å². The van der Waals surface area contributed by atoms with Gasteiger partial charge in [0.05, 0.1) is 5.41 Å². The number of hydrogen-bond donors (Lipinski definition) is 0. The van der Waals surface area contributed by atoms with Crippen LogP contribution in [-0.4, -0.2) is 25.9 Å². The summed E-state index contributed by atoms with van der Waals surface area (Å²) < 4.78 is 76.0. The molecular weight excluding hydrogens is 542 g/mol. The van der Waals surface area contributed by atoms with E-state index >= 15 is 0 Å². The Morgan fingerprint density at radius 3 is 1.39 bits per heavy atom. The van der Waals surface area contributed by atoms with E-state index in [0.717, 1.165) is 17.7 Å². The van der Waals surface area contributed by atoms with Crippen molar-refractivity contribution in [1.29, 1.82) is 0 Å². The summed E-state index contributed by atoms with van der Waals surface area (Å²) in [5.41, 5.74) is 0.237. The number of allylic oxidation sites excluding steroid dienone is 6. The first-order valence-electron chi connectivity index (χ1n) is 11.0. The first kappa shape index (κ1) is 32.7. The van der Waals surface area contributed by atoms with E-state index in [0.29, 0.717) is 16.7 Å². The second-order valence-corrected chi connectivity index (χ2v) is 11.0. The average Bonchev–Trinajstić information content (AvgIpc) is 2.86. The van der Waals surface area contributed by atoms with Crippen LogP contribution >= 0.6 is 0 Å². The molecule has 6 nitrogen and oxygen atoms in total. The molecule has 0 atom stereocenters. The fourth-order valence-electron chi connectivity index (χ4n) is 4.22. The Kier molecular flexibility index (Phi) is 11.8. The van der Waals surface area contributed by atoms with Crippen molar-refractivity contribution >= 4 is 38.0 Å². The fourth-order valence-corrected chi connectivity index (χ4v) is 6.26. The van der Waals surface area contributed by atoms with Crippen LogP contribution in [0, 0.1) is 5.41 Å². The van der Waals surface area contributed by atoms with Gasteiger partial charge in [-0.3, -0.25) is 0 Å². The minimum Gasteiger partial charge on any atom is -0.744 e. The van der Waals surface area contributed by atoms with Crippen molar-refractivity contribution in [3.8, 4) is 0 Å². The average molecular weight is 565 g/mol. The Morgan fingerprint density at radius 2 is 1.05 bits per heavy atom. The monoisotopic (exact) mass is 564 g/mol. The Bertz CT molecular complexity index is 1490. The molecule has 0 aliphatic heterocycles. The molecule has 184 valence electrons. The Morgan fingerprint density at radius 1 is 0.658 bits per heavy atom. The first-order chi connectivity index (χ1) is 17.1. The van der Waals surface area contributed by atoms with Gasteiger partial charge in [-0.2, -0.15) is 0 Å². The second-order valence-electron chi connectivity index (χ2n) is 8.28. The van der Waals surface area contributed by atoms with E-state index < -0.39 is 35.5 Å². The maximum absolute atomic E-state index is 12.7. The molecule has 0 heterocycles. The molecule has 38 heavy (non-hydrogen) atoms. The van der Waals surface area contributed by atoms with Crippen LogP contribution in [0.3, 0.4) is 0 Å². The van der Waals surface area contributed by atoms with E-state index in [1.807, 2.05) is 30.3 Å². The molecule has 0 spiro atoms. The van der Waals surface area contributed by atoms with Gasteiger partial charge >= 0.3 is 59.1 Å². The molecule has 0 saturated heterocycles. The van der Waals surface area contributed by atoms with Crippen LogP contribution in [0.2, 0.25) is 0 Å². The van der Waals surface area contributed by atoms with Crippen molar-refractivity contribution in [2.75, 3.05) is 0 Å². The van der Waals surface area contributed by atoms with Gasteiger partial charge in [-0.25, -0.2) is 16.8 Å². The number of rotatable bonds is 7. The molecule has 1 aliphatic rings. The topological polar surface area (TPSA) is 114 Å². The van der Waals surface area contributed by atoms with E-state index in [1.165, 1.54) is 6.08 Å².